The van der Waals surface area contributed by atoms with Gasteiger partial charge in [-0.3, -0.25) is 4.79 Å². The first kappa shape index (κ1) is 10.1. The summed E-state index contributed by atoms with van der Waals surface area (Å²) in [5.74, 6) is 0.593. The van der Waals surface area contributed by atoms with Crippen molar-refractivity contribution in [3.8, 4) is 0 Å². The number of rotatable bonds is 3. The number of carbonyl (C=O) groups is 1. The Morgan fingerprint density at radius 1 is 1.40 bits per heavy atom. The minimum absolute atomic E-state index is 0.0542. The van der Waals surface area contributed by atoms with Crippen molar-refractivity contribution in [2.45, 2.75) is 0 Å². The molecule has 2 aromatic rings. The standard InChI is InChI=1S/C11H12N2OS/c14-11(12-5-6-15)9-7-13-10-4-2-1-3-8(9)10/h1-4,7,13,15H,5-6H2,(H,12,14). The monoisotopic (exact) mass is 220 g/mol. The van der Waals surface area contributed by atoms with Gasteiger partial charge in [0.1, 0.15) is 0 Å². The molecule has 78 valence electrons. The van der Waals surface area contributed by atoms with Gasteiger partial charge in [0.2, 0.25) is 0 Å². The molecule has 2 N–H and O–H groups in total. The van der Waals surface area contributed by atoms with Gasteiger partial charge < -0.3 is 10.3 Å². The highest BCUT2D eigenvalue weighted by Crippen LogP contribution is 2.17. The van der Waals surface area contributed by atoms with E-state index in [2.05, 4.69) is 22.9 Å². The summed E-state index contributed by atoms with van der Waals surface area (Å²) in [6.45, 7) is 0.585. The molecule has 0 spiro atoms. The zero-order chi connectivity index (χ0) is 10.7. The maximum atomic E-state index is 11.7. The fourth-order valence-electron chi connectivity index (χ4n) is 1.52. The average Bonchev–Trinajstić information content (AvgIpc) is 2.69. The summed E-state index contributed by atoms with van der Waals surface area (Å²) in [6, 6.07) is 7.74. The molecule has 1 aromatic carbocycles. The summed E-state index contributed by atoms with van der Waals surface area (Å²) in [4.78, 5) is 14.8. The van der Waals surface area contributed by atoms with Crippen molar-refractivity contribution in [2.75, 3.05) is 12.3 Å². The zero-order valence-electron chi connectivity index (χ0n) is 8.16. The highest BCUT2D eigenvalue weighted by atomic mass is 32.1. The van der Waals surface area contributed by atoms with Crippen molar-refractivity contribution in [1.29, 1.82) is 0 Å². The van der Waals surface area contributed by atoms with E-state index in [9.17, 15) is 4.79 Å². The van der Waals surface area contributed by atoms with Crippen LogP contribution in [0.4, 0.5) is 0 Å². The van der Waals surface area contributed by atoms with Crippen LogP contribution in [-0.2, 0) is 0 Å². The lowest BCUT2D eigenvalue weighted by molar-refractivity contribution is 0.0958. The van der Waals surface area contributed by atoms with Crippen LogP contribution in [0, 0.1) is 0 Å². The van der Waals surface area contributed by atoms with Gasteiger partial charge >= 0.3 is 0 Å². The molecule has 1 amide bonds. The molecule has 0 radical (unpaired) electrons. The fourth-order valence-corrected chi connectivity index (χ4v) is 1.64. The number of hydrogen-bond donors (Lipinski definition) is 3. The number of aromatic nitrogens is 1. The van der Waals surface area contributed by atoms with E-state index in [1.54, 1.807) is 6.20 Å². The quantitative estimate of drug-likeness (QED) is 0.679. The number of carbonyl (C=O) groups excluding carboxylic acids is 1. The van der Waals surface area contributed by atoms with Crippen LogP contribution in [0.25, 0.3) is 10.9 Å². The SMILES string of the molecule is O=C(NCCS)c1c[nH]c2ccccc12. The van der Waals surface area contributed by atoms with Crippen LogP contribution >= 0.6 is 12.6 Å². The maximum absolute atomic E-state index is 11.7. The van der Waals surface area contributed by atoms with Crippen LogP contribution in [0.2, 0.25) is 0 Å². The predicted molar refractivity (Wildman–Crippen MR) is 64.5 cm³/mol. The molecule has 0 atom stereocenters. The lowest BCUT2D eigenvalue weighted by Gasteiger charge is -2.00. The van der Waals surface area contributed by atoms with E-state index < -0.39 is 0 Å². The Hall–Kier alpha value is -1.42. The molecule has 0 aliphatic heterocycles. The van der Waals surface area contributed by atoms with Crippen molar-refractivity contribution >= 4 is 29.4 Å². The second-order valence-electron chi connectivity index (χ2n) is 3.23. The normalized spacial score (nSPS) is 10.5. The molecule has 0 unspecified atom stereocenters. The number of fused-ring (bicyclic) bond motifs is 1. The molecule has 0 aliphatic carbocycles. The number of para-hydroxylation sites is 1. The fraction of sp³-hybridized carbons (Fsp3) is 0.182. The number of benzene rings is 1. The minimum atomic E-state index is -0.0542. The first-order valence-electron chi connectivity index (χ1n) is 4.78. The third kappa shape index (κ3) is 1.99. The lowest BCUT2D eigenvalue weighted by Crippen LogP contribution is -2.24. The summed E-state index contributed by atoms with van der Waals surface area (Å²) in [6.07, 6.45) is 1.73. The Morgan fingerprint density at radius 3 is 3.00 bits per heavy atom. The van der Waals surface area contributed by atoms with Crippen molar-refractivity contribution in [3.63, 3.8) is 0 Å². The topological polar surface area (TPSA) is 44.9 Å². The molecule has 1 heterocycles. The van der Waals surface area contributed by atoms with Crippen LogP contribution in [0.5, 0.6) is 0 Å². The number of amides is 1. The first-order chi connectivity index (χ1) is 7.33. The number of aromatic amines is 1. The van der Waals surface area contributed by atoms with Gasteiger partial charge in [-0.15, -0.1) is 0 Å². The van der Waals surface area contributed by atoms with Crippen LogP contribution in [0.15, 0.2) is 30.5 Å². The summed E-state index contributed by atoms with van der Waals surface area (Å²) in [7, 11) is 0. The Bertz CT molecular complexity index is 478. The van der Waals surface area contributed by atoms with Gasteiger partial charge in [0, 0.05) is 29.4 Å². The number of H-pyrrole nitrogens is 1. The molecule has 0 saturated heterocycles. The highest BCUT2D eigenvalue weighted by molar-refractivity contribution is 7.80. The van der Waals surface area contributed by atoms with Gasteiger partial charge in [-0.1, -0.05) is 18.2 Å². The Balaban J connectivity index is 2.31. The number of nitrogens with one attached hydrogen (secondary N) is 2. The molecule has 1 aromatic heterocycles. The van der Waals surface area contributed by atoms with E-state index >= 15 is 0 Å². The van der Waals surface area contributed by atoms with Crippen LogP contribution < -0.4 is 5.32 Å². The van der Waals surface area contributed by atoms with Gasteiger partial charge in [-0.25, -0.2) is 0 Å². The van der Waals surface area contributed by atoms with Gasteiger partial charge in [0.25, 0.3) is 5.91 Å². The highest BCUT2D eigenvalue weighted by Gasteiger charge is 2.09. The zero-order valence-corrected chi connectivity index (χ0v) is 9.05. The minimum Gasteiger partial charge on any atom is -0.360 e. The van der Waals surface area contributed by atoms with Gasteiger partial charge in [0.15, 0.2) is 0 Å². The second kappa shape index (κ2) is 4.40. The molecule has 0 bridgehead atoms. The van der Waals surface area contributed by atoms with E-state index in [0.29, 0.717) is 17.9 Å². The van der Waals surface area contributed by atoms with Crippen molar-refractivity contribution < 1.29 is 4.79 Å². The van der Waals surface area contributed by atoms with E-state index in [1.807, 2.05) is 24.3 Å². The third-order valence-electron chi connectivity index (χ3n) is 2.23. The van der Waals surface area contributed by atoms with Crippen molar-refractivity contribution in [2.24, 2.45) is 0 Å². The largest absolute Gasteiger partial charge is 0.360 e. The van der Waals surface area contributed by atoms with Crippen LogP contribution in [-0.4, -0.2) is 23.2 Å². The Labute approximate surface area is 93.3 Å². The molecule has 4 heteroatoms. The molecule has 0 aliphatic rings. The van der Waals surface area contributed by atoms with Crippen molar-refractivity contribution in [1.82, 2.24) is 10.3 Å². The molecular formula is C11H12N2OS. The summed E-state index contributed by atoms with van der Waals surface area (Å²) >= 11 is 4.04. The van der Waals surface area contributed by atoms with Crippen molar-refractivity contribution in [3.05, 3.63) is 36.0 Å². The number of hydrogen-bond acceptors (Lipinski definition) is 2. The third-order valence-corrected chi connectivity index (χ3v) is 2.45. The Kier molecular flexibility index (Phi) is 2.97. The smallest absolute Gasteiger partial charge is 0.253 e. The van der Waals surface area contributed by atoms with Gasteiger partial charge in [-0.2, -0.15) is 12.6 Å². The molecule has 0 fully saturated rings. The van der Waals surface area contributed by atoms with Gasteiger partial charge in [-0.05, 0) is 6.07 Å². The lowest BCUT2D eigenvalue weighted by atomic mass is 10.1. The molecule has 2 rings (SSSR count). The molecule has 0 saturated carbocycles. The molecule has 15 heavy (non-hydrogen) atoms. The van der Waals surface area contributed by atoms with E-state index in [-0.39, 0.29) is 5.91 Å². The molecule has 3 nitrogen and oxygen atoms in total. The number of thiol groups is 1. The van der Waals surface area contributed by atoms with Crippen LogP contribution in [0.1, 0.15) is 10.4 Å². The molecular weight excluding hydrogens is 208 g/mol. The van der Waals surface area contributed by atoms with Crippen LogP contribution in [0.3, 0.4) is 0 Å². The average molecular weight is 220 g/mol. The summed E-state index contributed by atoms with van der Waals surface area (Å²) < 4.78 is 0. The predicted octanol–water partition coefficient (Wildman–Crippen LogP) is 1.83. The van der Waals surface area contributed by atoms with E-state index in [4.69, 9.17) is 0 Å². The second-order valence-corrected chi connectivity index (χ2v) is 3.67. The van der Waals surface area contributed by atoms with E-state index in [0.717, 1.165) is 10.9 Å². The van der Waals surface area contributed by atoms with Gasteiger partial charge in [0.05, 0.1) is 5.56 Å². The Morgan fingerprint density at radius 2 is 2.20 bits per heavy atom. The first-order valence-corrected chi connectivity index (χ1v) is 5.41. The summed E-state index contributed by atoms with van der Waals surface area (Å²) in [5, 5.41) is 3.74. The van der Waals surface area contributed by atoms with E-state index in [1.165, 1.54) is 0 Å². The summed E-state index contributed by atoms with van der Waals surface area (Å²) in [5.41, 5.74) is 1.67. The maximum Gasteiger partial charge on any atom is 0.253 e.